The van der Waals surface area contributed by atoms with E-state index in [-0.39, 0.29) is 17.9 Å². The molecule has 4 rings (SSSR count). The maximum Gasteiger partial charge on any atom is 0.264 e. The van der Waals surface area contributed by atoms with Crippen molar-refractivity contribution in [3.05, 3.63) is 42.0 Å². The fourth-order valence-corrected chi connectivity index (χ4v) is 3.91. The van der Waals surface area contributed by atoms with Crippen molar-refractivity contribution in [1.29, 1.82) is 0 Å². The van der Waals surface area contributed by atoms with Crippen LogP contribution >= 0.6 is 0 Å². The first-order chi connectivity index (χ1) is 14.1. The lowest BCUT2D eigenvalue weighted by molar-refractivity contribution is -0.135. The molecule has 0 N–H and O–H groups in total. The van der Waals surface area contributed by atoms with E-state index in [4.69, 9.17) is 14.0 Å². The van der Waals surface area contributed by atoms with Gasteiger partial charge in [0.1, 0.15) is 5.75 Å². The number of piperidine rings is 1. The first-order valence-corrected chi connectivity index (χ1v) is 10.2. The van der Waals surface area contributed by atoms with Crippen LogP contribution in [0.1, 0.15) is 31.5 Å². The summed E-state index contributed by atoms with van der Waals surface area (Å²) in [7, 11) is 0. The molecule has 1 aromatic carbocycles. The third-order valence-corrected chi connectivity index (χ3v) is 5.63. The number of carbonyl (C=O) groups excluding carboxylic acids is 1. The molecule has 1 aromatic heterocycles. The number of likely N-dealkylation sites (tertiary alicyclic amines) is 1. The van der Waals surface area contributed by atoms with E-state index in [9.17, 15) is 4.79 Å². The predicted molar refractivity (Wildman–Crippen MR) is 105 cm³/mol. The summed E-state index contributed by atoms with van der Waals surface area (Å²) in [6.07, 6.45) is 1.85. The third-order valence-electron chi connectivity index (χ3n) is 5.63. The van der Waals surface area contributed by atoms with E-state index in [0.29, 0.717) is 38.0 Å². The van der Waals surface area contributed by atoms with Gasteiger partial charge in [0.25, 0.3) is 5.89 Å². The Labute approximate surface area is 170 Å². The second-order valence-corrected chi connectivity index (χ2v) is 7.98. The van der Waals surface area contributed by atoms with Crippen LogP contribution in [0.25, 0.3) is 0 Å². The Hall–Kier alpha value is -2.45. The molecule has 0 radical (unpaired) electrons. The number of hydrogen-bond donors (Lipinski definition) is 0. The average Bonchev–Trinajstić information content (AvgIpc) is 3.24. The van der Waals surface area contributed by atoms with E-state index in [2.05, 4.69) is 22.0 Å². The van der Waals surface area contributed by atoms with Gasteiger partial charge in [-0.05, 0) is 25.0 Å². The van der Waals surface area contributed by atoms with E-state index < -0.39 is 0 Å². The number of carbonyl (C=O) groups is 1. The van der Waals surface area contributed by atoms with Crippen molar-refractivity contribution in [2.45, 2.75) is 31.8 Å². The van der Waals surface area contributed by atoms with E-state index in [1.807, 2.05) is 35.2 Å². The van der Waals surface area contributed by atoms with Gasteiger partial charge in [0.05, 0.1) is 19.8 Å². The molecule has 8 nitrogen and oxygen atoms in total. The lowest BCUT2D eigenvalue weighted by Gasteiger charge is -2.39. The maximum absolute atomic E-state index is 12.8. The van der Waals surface area contributed by atoms with Crippen LogP contribution in [0.5, 0.6) is 5.75 Å². The fraction of sp³-hybridized carbons (Fsp3) is 0.571. The Morgan fingerprint density at radius 3 is 2.79 bits per heavy atom. The number of benzene rings is 1. The van der Waals surface area contributed by atoms with Crippen molar-refractivity contribution in [3.63, 3.8) is 0 Å². The highest BCUT2D eigenvalue weighted by atomic mass is 16.5. The van der Waals surface area contributed by atoms with Gasteiger partial charge >= 0.3 is 0 Å². The van der Waals surface area contributed by atoms with Crippen LogP contribution in [-0.4, -0.2) is 71.8 Å². The van der Waals surface area contributed by atoms with Crippen molar-refractivity contribution >= 4 is 5.91 Å². The Balaban J connectivity index is 1.36. The lowest BCUT2D eigenvalue weighted by Crippen LogP contribution is -2.51. The third kappa shape index (κ3) is 4.94. The summed E-state index contributed by atoms with van der Waals surface area (Å²) in [5.41, 5.74) is -0.312. The second-order valence-electron chi connectivity index (χ2n) is 7.98. The number of amides is 1. The molecule has 2 aliphatic heterocycles. The van der Waals surface area contributed by atoms with E-state index >= 15 is 0 Å². The average molecular weight is 400 g/mol. The van der Waals surface area contributed by atoms with Crippen LogP contribution in [-0.2, 0) is 21.6 Å². The Kier molecular flexibility index (Phi) is 6.10. The molecule has 1 atom stereocenters. The van der Waals surface area contributed by atoms with E-state index in [1.165, 1.54) is 0 Å². The number of aromatic nitrogens is 2. The minimum Gasteiger partial charge on any atom is -0.484 e. The summed E-state index contributed by atoms with van der Waals surface area (Å²) in [4.78, 5) is 21.5. The fourth-order valence-electron chi connectivity index (χ4n) is 3.91. The van der Waals surface area contributed by atoms with Gasteiger partial charge in [-0.15, -0.1) is 0 Å². The lowest BCUT2D eigenvalue weighted by atomic mass is 9.81. The molecule has 1 unspecified atom stereocenters. The summed E-state index contributed by atoms with van der Waals surface area (Å²) in [5.74, 6) is 2.01. The van der Waals surface area contributed by atoms with Crippen LogP contribution in [0.15, 0.2) is 34.9 Å². The summed E-state index contributed by atoms with van der Waals surface area (Å²) < 4.78 is 16.5. The summed E-state index contributed by atoms with van der Waals surface area (Å²) in [6, 6.07) is 9.54. The molecule has 156 valence electrons. The monoisotopic (exact) mass is 400 g/mol. The van der Waals surface area contributed by atoms with Crippen LogP contribution in [0.2, 0.25) is 0 Å². The van der Waals surface area contributed by atoms with Gasteiger partial charge in [-0.25, -0.2) is 0 Å². The number of morpholine rings is 1. The van der Waals surface area contributed by atoms with Gasteiger partial charge in [0.15, 0.2) is 12.4 Å². The first-order valence-electron chi connectivity index (χ1n) is 10.2. The molecule has 2 aromatic rings. The number of hydrogen-bond acceptors (Lipinski definition) is 7. The molecule has 0 spiro atoms. The highest BCUT2D eigenvalue weighted by Gasteiger charge is 2.38. The molecule has 2 saturated heterocycles. The van der Waals surface area contributed by atoms with Crippen molar-refractivity contribution in [2.24, 2.45) is 0 Å². The standard InChI is InChI=1S/C21H28N4O4/c1-21(20-22-18(29-23-20)15-28-17-6-3-2-4-7-17)8-5-9-25(16-21)19(26)14-24-10-12-27-13-11-24/h2-4,6-7H,5,8-16H2,1H3. The summed E-state index contributed by atoms with van der Waals surface area (Å²) in [6.45, 7) is 7.18. The van der Waals surface area contributed by atoms with Gasteiger partial charge in [-0.1, -0.05) is 30.3 Å². The van der Waals surface area contributed by atoms with Gasteiger partial charge in [-0.2, -0.15) is 4.98 Å². The minimum absolute atomic E-state index is 0.161. The number of rotatable bonds is 6. The van der Waals surface area contributed by atoms with Crippen LogP contribution in [0.3, 0.4) is 0 Å². The first kappa shape index (κ1) is 19.8. The normalized spacial score (nSPS) is 23.1. The van der Waals surface area contributed by atoms with Crippen LogP contribution in [0, 0.1) is 0 Å². The summed E-state index contributed by atoms with van der Waals surface area (Å²) in [5, 5.41) is 4.20. The largest absolute Gasteiger partial charge is 0.484 e. The second kappa shape index (κ2) is 8.92. The minimum atomic E-state index is -0.312. The smallest absolute Gasteiger partial charge is 0.264 e. The highest BCUT2D eigenvalue weighted by molar-refractivity contribution is 5.78. The number of para-hydroxylation sites is 1. The molecule has 2 fully saturated rings. The molecular weight excluding hydrogens is 372 g/mol. The van der Waals surface area contributed by atoms with Gasteiger partial charge in [0, 0.05) is 31.6 Å². The van der Waals surface area contributed by atoms with Crippen LogP contribution < -0.4 is 4.74 Å². The Bertz CT molecular complexity index is 806. The molecular formula is C21H28N4O4. The molecule has 0 bridgehead atoms. The van der Waals surface area contributed by atoms with Crippen molar-refractivity contribution in [3.8, 4) is 5.75 Å². The zero-order chi connectivity index (χ0) is 20.1. The molecule has 3 heterocycles. The quantitative estimate of drug-likeness (QED) is 0.732. The molecule has 2 aliphatic rings. The number of ether oxygens (including phenoxy) is 2. The SMILES string of the molecule is CC1(c2noc(COc3ccccc3)n2)CCCN(C(=O)CN2CCOCC2)C1. The van der Waals surface area contributed by atoms with E-state index in [1.54, 1.807) is 0 Å². The maximum atomic E-state index is 12.8. The Morgan fingerprint density at radius 1 is 1.21 bits per heavy atom. The molecule has 0 saturated carbocycles. The molecule has 8 heteroatoms. The highest BCUT2D eigenvalue weighted by Crippen LogP contribution is 2.32. The van der Waals surface area contributed by atoms with E-state index in [0.717, 1.165) is 38.2 Å². The van der Waals surface area contributed by atoms with Gasteiger partial charge in [-0.3, -0.25) is 9.69 Å². The predicted octanol–water partition coefficient (Wildman–Crippen LogP) is 1.86. The molecule has 29 heavy (non-hydrogen) atoms. The summed E-state index contributed by atoms with van der Waals surface area (Å²) >= 11 is 0. The van der Waals surface area contributed by atoms with Gasteiger partial charge < -0.3 is 18.9 Å². The zero-order valence-corrected chi connectivity index (χ0v) is 16.9. The topological polar surface area (TPSA) is 80.9 Å². The van der Waals surface area contributed by atoms with Gasteiger partial charge in [0.2, 0.25) is 5.91 Å². The van der Waals surface area contributed by atoms with Crippen molar-refractivity contribution in [2.75, 3.05) is 45.9 Å². The van der Waals surface area contributed by atoms with Crippen LogP contribution in [0.4, 0.5) is 0 Å². The molecule has 0 aliphatic carbocycles. The zero-order valence-electron chi connectivity index (χ0n) is 16.9. The Morgan fingerprint density at radius 2 is 2.00 bits per heavy atom. The molecule has 1 amide bonds. The van der Waals surface area contributed by atoms with Crippen molar-refractivity contribution in [1.82, 2.24) is 19.9 Å². The number of nitrogens with zero attached hydrogens (tertiary/aromatic N) is 4. The van der Waals surface area contributed by atoms with Crippen molar-refractivity contribution < 1.29 is 18.8 Å².